The number of aryl methyl sites for hydroxylation is 2. The third kappa shape index (κ3) is 3.98. The van der Waals surface area contributed by atoms with E-state index in [0.717, 1.165) is 15.8 Å². The van der Waals surface area contributed by atoms with Crippen LogP contribution >= 0.6 is 0 Å². The van der Waals surface area contributed by atoms with Crippen molar-refractivity contribution in [2.24, 2.45) is 0 Å². The minimum absolute atomic E-state index is 0.102. The fourth-order valence-electron chi connectivity index (χ4n) is 2.29. The first-order valence-corrected chi connectivity index (χ1v) is 7.58. The fraction of sp³-hybridized carbons (Fsp3) is 0.312. The van der Waals surface area contributed by atoms with E-state index in [9.17, 15) is 13.2 Å². The van der Waals surface area contributed by atoms with Crippen LogP contribution in [-0.4, -0.2) is 32.7 Å². The molecule has 132 valence electrons. The Morgan fingerprint density at radius 1 is 1.16 bits per heavy atom. The molecular formula is C16H16F3N5O. The quantitative estimate of drug-likeness (QED) is 0.715. The average molecular weight is 351 g/mol. The summed E-state index contributed by atoms with van der Waals surface area (Å²) in [5, 5.41) is 6.49. The van der Waals surface area contributed by atoms with Gasteiger partial charge in [-0.15, -0.1) is 5.10 Å². The van der Waals surface area contributed by atoms with Crippen LogP contribution in [-0.2, 0) is 6.18 Å². The Morgan fingerprint density at radius 3 is 2.68 bits per heavy atom. The normalized spacial score (nSPS) is 11.7. The first-order valence-electron chi connectivity index (χ1n) is 7.58. The Morgan fingerprint density at radius 2 is 1.96 bits per heavy atom. The summed E-state index contributed by atoms with van der Waals surface area (Å²) in [4.78, 5) is 7.41. The predicted octanol–water partition coefficient (Wildman–Crippen LogP) is 3.25. The molecule has 1 aromatic carbocycles. The molecule has 0 saturated carbocycles. The summed E-state index contributed by atoms with van der Waals surface area (Å²) in [6.45, 7) is 4.36. The number of alkyl halides is 3. The fourth-order valence-corrected chi connectivity index (χ4v) is 2.29. The van der Waals surface area contributed by atoms with E-state index in [0.29, 0.717) is 24.7 Å². The topological polar surface area (TPSA) is 64.3 Å². The molecule has 0 aliphatic carbocycles. The first kappa shape index (κ1) is 17.0. The van der Waals surface area contributed by atoms with Crippen molar-refractivity contribution in [3.63, 3.8) is 0 Å². The van der Waals surface area contributed by atoms with E-state index in [1.807, 2.05) is 31.2 Å². The molecule has 0 radical (unpaired) electrons. The number of hydrogen-bond donors (Lipinski definition) is 1. The summed E-state index contributed by atoms with van der Waals surface area (Å²) in [5.74, 6) is -0.213. The first-order chi connectivity index (χ1) is 11.8. The van der Waals surface area contributed by atoms with Crippen molar-refractivity contribution in [3.05, 3.63) is 47.4 Å². The van der Waals surface area contributed by atoms with Gasteiger partial charge in [0.1, 0.15) is 18.2 Å². The van der Waals surface area contributed by atoms with E-state index in [2.05, 4.69) is 20.4 Å². The lowest BCUT2D eigenvalue weighted by atomic mass is 10.2. The molecule has 6 nitrogen and oxygen atoms in total. The van der Waals surface area contributed by atoms with Crippen LogP contribution in [0.1, 0.15) is 17.1 Å². The Hall–Kier alpha value is -2.84. The number of ether oxygens (including phenoxy) is 1. The highest BCUT2D eigenvalue weighted by Crippen LogP contribution is 2.27. The number of anilines is 1. The van der Waals surface area contributed by atoms with E-state index in [4.69, 9.17) is 4.74 Å². The Bertz CT molecular complexity index is 891. The molecule has 0 atom stereocenters. The van der Waals surface area contributed by atoms with Gasteiger partial charge in [0.2, 0.25) is 0 Å². The van der Waals surface area contributed by atoms with Crippen molar-refractivity contribution >= 4 is 11.6 Å². The lowest BCUT2D eigenvalue weighted by molar-refractivity contribution is -0.144. The number of aromatic nitrogens is 4. The molecule has 0 amide bonds. The van der Waals surface area contributed by atoms with E-state index >= 15 is 0 Å². The zero-order valence-electron chi connectivity index (χ0n) is 13.6. The van der Waals surface area contributed by atoms with Crippen LogP contribution < -0.4 is 10.1 Å². The van der Waals surface area contributed by atoms with Crippen LogP contribution in [0.3, 0.4) is 0 Å². The van der Waals surface area contributed by atoms with Crippen molar-refractivity contribution in [2.45, 2.75) is 20.0 Å². The van der Waals surface area contributed by atoms with Gasteiger partial charge < -0.3 is 10.1 Å². The van der Waals surface area contributed by atoms with Gasteiger partial charge in [-0.2, -0.15) is 22.7 Å². The zero-order valence-corrected chi connectivity index (χ0v) is 13.6. The monoisotopic (exact) mass is 351 g/mol. The smallest absolute Gasteiger partial charge is 0.453 e. The van der Waals surface area contributed by atoms with Crippen molar-refractivity contribution in [1.29, 1.82) is 0 Å². The molecule has 3 rings (SSSR count). The zero-order chi connectivity index (χ0) is 18.0. The Kier molecular flexibility index (Phi) is 4.47. The molecular weight excluding hydrogens is 335 g/mol. The molecule has 2 aromatic heterocycles. The van der Waals surface area contributed by atoms with E-state index in [1.54, 1.807) is 13.0 Å². The Balaban J connectivity index is 1.71. The number of halogens is 3. The standard InChI is InChI=1S/C16H16F3N5O/c1-10-4-3-5-12(8-10)25-7-6-20-13-9-11(2)21-15-22-14(16(17,18)19)23-24(13)15/h3-5,8-9,20H,6-7H2,1-2H3. The number of benzene rings is 1. The van der Waals surface area contributed by atoms with Gasteiger partial charge >= 0.3 is 6.18 Å². The molecule has 0 fully saturated rings. The molecule has 0 aliphatic rings. The summed E-state index contributed by atoms with van der Waals surface area (Å²) < 4.78 is 45.0. The molecule has 9 heteroatoms. The number of fused-ring (bicyclic) bond motifs is 1. The minimum atomic E-state index is -4.62. The van der Waals surface area contributed by atoms with Gasteiger partial charge in [0.05, 0.1) is 6.54 Å². The maximum atomic E-state index is 12.8. The number of nitrogens with zero attached hydrogens (tertiary/aromatic N) is 4. The number of nitrogens with one attached hydrogen (secondary N) is 1. The van der Waals surface area contributed by atoms with Gasteiger partial charge in [-0.3, -0.25) is 0 Å². The van der Waals surface area contributed by atoms with Crippen LogP contribution in [0.25, 0.3) is 5.78 Å². The number of rotatable bonds is 5. The van der Waals surface area contributed by atoms with E-state index in [1.165, 1.54) is 0 Å². The maximum Gasteiger partial charge on any atom is 0.453 e. The van der Waals surface area contributed by atoms with Crippen LogP contribution in [0.2, 0.25) is 0 Å². The predicted molar refractivity (Wildman–Crippen MR) is 85.7 cm³/mol. The van der Waals surface area contributed by atoms with Crippen LogP contribution in [0, 0.1) is 13.8 Å². The summed E-state index contributed by atoms with van der Waals surface area (Å²) in [6.07, 6.45) is -4.62. The second kappa shape index (κ2) is 6.58. The van der Waals surface area contributed by atoms with Crippen molar-refractivity contribution < 1.29 is 17.9 Å². The third-order valence-corrected chi connectivity index (χ3v) is 3.36. The second-order valence-electron chi connectivity index (χ2n) is 5.52. The molecule has 0 saturated heterocycles. The molecule has 3 aromatic rings. The van der Waals surface area contributed by atoms with Crippen LogP contribution in [0.4, 0.5) is 19.0 Å². The molecule has 25 heavy (non-hydrogen) atoms. The average Bonchev–Trinajstić information content (AvgIpc) is 2.95. The van der Waals surface area contributed by atoms with Gasteiger partial charge in [-0.25, -0.2) is 4.98 Å². The van der Waals surface area contributed by atoms with E-state index in [-0.39, 0.29) is 5.78 Å². The van der Waals surface area contributed by atoms with E-state index < -0.39 is 12.0 Å². The third-order valence-electron chi connectivity index (χ3n) is 3.36. The van der Waals surface area contributed by atoms with Crippen molar-refractivity contribution in [3.8, 4) is 5.75 Å². The highest BCUT2D eigenvalue weighted by Gasteiger charge is 2.36. The summed E-state index contributed by atoms with van der Waals surface area (Å²) in [6, 6.07) is 9.21. The highest BCUT2D eigenvalue weighted by molar-refractivity contribution is 5.45. The van der Waals surface area contributed by atoms with Gasteiger partial charge in [0, 0.05) is 11.8 Å². The number of hydrogen-bond acceptors (Lipinski definition) is 5. The van der Waals surface area contributed by atoms with Crippen molar-refractivity contribution in [2.75, 3.05) is 18.5 Å². The van der Waals surface area contributed by atoms with Gasteiger partial charge in [0.25, 0.3) is 11.6 Å². The SMILES string of the molecule is Cc1cccc(OCCNc2cc(C)nc3nc(C(F)(F)F)nn23)c1. The van der Waals surface area contributed by atoms with Gasteiger partial charge in [-0.05, 0) is 31.5 Å². The molecule has 0 aliphatic heterocycles. The summed E-state index contributed by atoms with van der Waals surface area (Å²) >= 11 is 0. The molecule has 1 N–H and O–H groups in total. The molecule has 0 bridgehead atoms. The van der Waals surface area contributed by atoms with Gasteiger partial charge in [-0.1, -0.05) is 12.1 Å². The second-order valence-corrected chi connectivity index (χ2v) is 5.52. The molecule has 0 unspecified atom stereocenters. The van der Waals surface area contributed by atoms with Crippen molar-refractivity contribution in [1.82, 2.24) is 19.6 Å². The lowest BCUT2D eigenvalue weighted by Crippen LogP contribution is -2.15. The largest absolute Gasteiger partial charge is 0.492 e. The maximum absolute atomic E-state index is 12.8. The summed E-state index contributed by atoms with van der Waals surface area (Å²) in [5.41, 5.74) is 1.62. The highest BCUT2D eigenvalue weighted by atomic mass is 19.4. The lowest BCUT2D eigenvalue weighted by Gasteiger charge is -2.10. The van der Waals surface area contributed by atoms with Crippen LogP contribution in [0.15, 0.2) is 30.3 Å². The Labute approximate surface area is 141 Å². The van der Waals surface area contributed by atoms with Gasteiger partial charge in [0.15, 0.2) is 0 Å². The molecule has 0 spiro atoms. The summed E-state index contributed by atoms with van der Waals surface area (Å²) in [7, 11) is 0. The minimum Gasteiger partial charge on any atom is -0.492 e. The molecule has 2 heterocycles. The van der Waals surface area contributed by atoms with Crippen LogP contribution in [0.5, 0.6) is 5.75 Å².